The molecule has 3 aromatic rings. The summed E-state index contributed by atoms with van der Waals surface area (Å²) in [6, 6.07) is 24.8. The Morgan fingerprint density at radius 1 is 0.571 bits per heavy atom. The second-order valence-corrected chi connectivity index (χ2v) is 11.0. The first-order valence-electron chi connectivity index (χ1n) is 8.58. The number of rotatable bonds is 8. The predicted octanol–water partition coefficient (Wildman–Crippen LogP) is 6.74. The Labute approximate surface area is 186 Å². The molecule has 0 spiro atoms. The van der Waals surface area contributed by atoms with Crippen molar-refractivity contribution in [2.45, 2.75) is 4.75 Å². The van der Waals surface area contributed by atoms with Crippen LogP contribution in [0.4, 0.5) is 0 Å². The van der Waals surface area contributed by atoms with Gasteiger partial charge in [0.15, 0.2) is 0 Å². The monoisotopic (exact) mass is 524 g/mol. The van der Waals surface area contributed by atoms with Gasteiger partial charge in [0, 0.05) is 21.2 Å². The Bertz CT molecular complexity index is 765. The summed E-state index contributed by atoms with van der Waals surface area (Å²) in [6.07, 6.45) is 0. The first-order chi connectivity index (χ1) is 13.7. The molecule has 0 bridgehead atoms. The molecule has 0 amide bonds. The number of methoxy groups -OCH3 is 3. The van der Waals surface area contributed by atoms with Crippen LogP contribution >= 0.6 is 40.0 Å². The van der Waals surface area contributed by atoms with E-state index in [-0.39, 0.29) is 0 Å². The molecule has 0 aliphatic carbocycles. The highest BCUT2D eigenvalue weighted by Gasteiger charge is 2.37. The van der Waals surface area contributed by atoms with Crippen LogP contribution in [0.5, 0.6) is 17.2 Å². The van der Waals surface area contributed by atoms with Crippen LogP contribution in [0.3, 0.4) is 0 Å². The Hall–Kier alpha value is -1.51. The van der Waals surface area contributed by atoms with Crippen molar-refractivity contribution in [3.63, 3.8) is 0 Å². The normalized spacial score (nSPS) is 11.1. The van der Waals surface area contributed by atoms with Crippen LogP contribution in [0, 0.1) is 0 Å². The van der Waals surface area contributed by atoms with Gasteiger partial charge in [-0.25, -0.2) is 0 Å². The number of halogens is 1. The van der Waals surface area contributed by atoms with Crippen molar-refractivity contribution in [1.29, 1.82) is 0 Å². The van der Waals surface area contributed by atoms with Crippen LogP contribution in [0.2, 0.25) is 0 Å². The molecule has 0 heterocycles. The van der Waals surface area contributed by atoms with Gasteiger partial charge in [0.25, 0.3) is 0 Å². The smallest absolute Gasteiger partial charge is 0.118 e. The number of ether oxygens (including phenoxy) is 3. The van der Waals surface area contributed by atoms with Crippen molar-refractivity contribution in [2.24, 2.45) is 0 Å². The van der Waals surface area contributed by atoms with Crippen LogP contribution in [0.1, 0.15) is 16.7 Å². The van der Waals surface area contributed by atoms with E-state index in [0.29, 0.717) is 0 Å². The van der Waals surface area contributed by atoms with Gasteiger partial charge in [0.05, 0.1) is 21.3 Å². The third kappa shape index (κ3) is 4.23. The molecule has 0 radical (unpaired) electrons. The number of benzene rings is 3. The van der Waals surface area contributed by atoms with Crippen molar-refractivity contribution in [2.75, 3.05) is 21.3 Å². The number of hydrogen-bond donors (Lipinski definition) is 0. The van der Waals surface area contributed by atoms with Gasteiger partial charge in [0.2, 0.25) is 0 Å². The van der Waals surface area contributed by atoms with E-state index < -0.39 is 4.75 Å². The van der Waals surface area contributed by atoms with Crippen LogP contribution in [-0.2, 0) is 4.75 Å². The van der Waals surface area contributed by atoms with E-state index in [1.807, 2.05) is 36.4 Å². The molecule has 0 N–H and O–H groups in total. The van der Waals surface area contributed by atoms with Gasteiger partial charge in [-0.2, -0.15) is 0 Å². The van der Waals surface area contributed by atoms with Crippen LogP contribution in [0.15, 0.2) is 72.8 Å². The van der Waals surface area contributed by atoms with Crippen molar-refractivity contribution in [3.8, 4) is 17.2 Å². The fraction of sp³-hybridized carbons (Fsp3) is 0.182. The summed E-state index contributed by atoms with van der Waals surface area (Å²) in [5, 5.41) is 0. The molecule has 28 heavy (non-hydrogen) atoms. The van der Waals surface area contributed by atoms with Gasteiger partial charge in [0.1, 0.15) is 22.0 Å². The van der Waals surface area contributed by atoms with Crippen molar-refractivity contribution in [1.82, 2.24) is 0 Å². The number of hydrogen-bond acceptors (Lipinski definition) is 5. The lowest BCUT2D eigenvalue weighted by Gasteiger charge is -2.34. The Morgan fingerprint density at radius 2 is 0.857 bits per heavy atom. The molecule has 0 atom stereocenters. The summed E-state index contributed by atoms with van der Waals surface area (Å²) in [5.74, 6) is 2.53. The summed E-state index contributed by atoms with van der Waals surface area (Å²) in [7, 11) is 8.58. The van der Waals surface area contributed by atoms with Crippen molar-refractivity contribution in [3.05, 3.63) is 89.5 Å². The van der Waals surface area contributed by atoms with E-state index in [1.54, 1.807) is 40.1 Å². The summed E-state index contributed by atoms with van der Waals surface area (Å²) >= 11 is 2.34. The highest BCUT2D eigenvalue weighted by atomic mass is 127. The molecular weight excluding hydrogens is 503 g/mol. The van der Waals surface area contributed by atoms with Gasteiger partial charge in [-0.3, -0.25) is 0 Å². The molecule has 3 rings (SSSR count). The lowest BCUT2D eigenvalue weighted by molar-refractivity contribution is 0.414. The third-order valence-corrected chi connectivity index (χ3v) is 8.22. The maximum atomic E-state index is 5.37. The minimum absolute atomic E-state index is 0.392. The first kappa shape index (κ1) is 21.2. The second kappa shape index (κ2) is 9.80. The minimum Gasteiger partial charge on any atom is -0.497 e. The van der Waals surface area contributed by atoms with Crippen LogP contribution < -0.4 is 14.2 Å². The molecule has 0 saturated carbocycles. The predicted molar refractivity (Wildman–Crippen MR) is 128 cm³/mol. The summed E-state index contributed by atoms with van der Waals surface area (Å²) in [6.45, 7) is 0. The van der Waals surface area contributed by atoms with Crippen LogP contribution in [0.25, 0.3) is 0 Å². The topological polar surface area (TPSA) is 27.7 Å². The molecule has 0 unspecified atom stereocenters. The standard InChI is InChI=1S/C22H21IO3S2/c1-24-19-10-4-16(5-11-19)22(27-28-23,17-6-12-20(25-2)13-7-17)18-8-14-21(26-3)15-9-18/h4-15H,1-3H3. The van der Waals surface area contributed by atoms with Crippen LogP contribution in [-0.4, -0.2) is 21.3 Å². The van der Waals surface area contributed by atoms with E-state index in [0.717, 1.165) is 17.2 Å². The second-order valence-electron chi connectivity index (χ2n) is 6.01. The molecule has 0 saturated heterocycles. The van der Waals surface area contributed by atoms with E-state index in [9.17, 15) is 0 Å². The summed E-state index contributed by atoms with van der Waals surface area (Å²) < 4.78 is 15.7. The van der Waals surface area contributed by atoms with Gasteiger partial charge in [-0.15, -0.1) is 0 Å². The van der Waals surface area contributed by atoms with Crippen molar-refractivity contribution < 1.29 is 14.2 Å². The Morgan fingerprint density at radius 3 is 1.07 bits per heavy atom. The molecule has 0 aliphatic rings. The van der Waals surface area contributed by atoms with Gasteiger partial charge in [-0.1, -0.05) is 47.2 Å². The average molecular weight is 524 g/mol. The highest BCUT2D eigenvalue weighted by molar-refractivity contribution is 14.2. The summed E-state index contributed by atoms with van der Waals surface area (Å²) in [4.78, 5) is 0. The van der Waals surface area contributed by atoms with Gasteiger partial charge >= 0.3 is 0 Å². The average Bonchev–Trinajstić information content (AvgIpc) is 2.78. The molecular formula is C22H21IO3S2. The molecule has 0 aromatic heterocycles. The fourth-order valence-corrected chi connectivity index (χ4v) is 7.54. The minimum atomic E-state index is -0.392. The fourth-order valence-electron chi connectivity index (χ4n) is 3.17. The zero-order chi connectivity index (χ0) is 20.0. The molecule has 3 aromatic carbocycles. The van der Waals surface area contributed by atoms with Crippen molar-refractivity contribution >= 4 is 40.0 Å². The lowest BCUT2D eigenvalue weighted by Crippen LogP contribution is -2.24. The zero-order valence-electron chi connectivity index (χ0n) is 15.8. The lowest BCUT2D eigenvalue weighted by atomic mass is 9.84. The quantitative estimate of drug-likeness (QED) is 0.185. The zero-order valence-corrected chi connectivity index (χ0v) is 19.6. The molecule has 6 heteroatoms. The largest absolute Gasteiger partial charge is 0.497 e. The molecule has 0 fully saturated rings. The van der Waals surface area contributed by atoms with E-state index >= 15 is 0 Å². The van der Waals surface area contributed by atoms with E-state index in [1.165, 1.54) is 16.7 Å². The Kier molecular flexibility index (Phi) is 7.42. The Balaban J connectivity index is 2.23. The first-order valence-corrected chi connectivity index (χ1v) is 13.3. The molecule has 146 valence electrons. The summed E-state index contributed by atoms with van der Waals surface area (Å²) in [5.41, 5.74) is 3.54. The van der Waals surface area contributed by atoms with E-state index in [4.69, 9.17) is 14.2 Å². The molecule has 3 nitrogen and oxygen atoms in total. The van der Waals surface area contributed by atoms with Gasteiger partial charge in [-0.05, 0) is 61.1 Å². The van der Waals surface area contributed by atoms with E-state index in [2.05, 4.69) is 57.6 Å². The SMILES string of the molecule is COc1ccc(C(SSI)(c2ccc(OC)cc2)c2ccc(OC)cc2)cc1. The molecule has 0 aliphatic heterocycles. The maximum absolute atomic E-state index is 5.37. The maximum Gasteiger partial charge on any atom is 0.118 e. The third-order valence-electron chi connectivity index (χ3n) is 4.65. The van der Waals surface area contributed by atoms with Gasteiger partial charge < -0.3 is 14.2 Å². The highest BCUT2D eigenvalue weighted by Crippen LogP contribution is 2.55.